The molecule has 0 saturated carbocycles. The summed E-state index contributed by atoms with van der Waals surface area (Å²) >= 11 is 0. The molecule has 0 bridgehead atoms. The number of nitrogens with one attached hydrogen (secondary N) is 2. The summed E-state index contributed by atoms with van der Waals surface area (Å²) in [4.78, 5) is 17.9. The minimum atomic E-state index is -0.487. The molecule has 3 aliphatic rings. The van der Waals surface area contributed by atoms with Crippen LogP contribution in [0.5, 0.6) is 0 Å². The van der Waals surface area contributed by atoms with Gasteiger partial charge in [0.2, 0.25) is 5.91 Å². The van der Waals surface area contributed by atoms with Crippen LogP contribution in [0.2, 0.25) is 0 Å². The van der Waals surface area contributed by atoms with Crippen LogP contribution in [-0.4, -0.2) is 17.4 Å². The fourth-order valence-electron chi connectivity index (χ4n) is 4.92. The Hall–Kier alpha value is -3.40. The van der Waals surface area contributed by atoms with Gasteiger partial charge in [0.1, 0.15) is 5.82 Å². The molecule has 3 heterocycles. The lowest BCUT2D eigenvalue weighted by molar-refractivity contribution is -0.126. The Morgan fingerprint density at radius 3 is 2.62 bits per heavy atom. The lowest BCUT2D eigenvalue weighted by Crippen LogP contribution is -2.35. The highest BCUT2D eigenvalue weighted by Crippen LogP contribution is 2.48. The Bertz CT molecular complexity index is 1250. The normalized spacial score (nSPS) is 22.0. The van der Waals surface area contributed by atoms with Crippen LogP contribution in [0.4, 0.5) is 0 Å². The number of benzene rings is 2. The van der Waals surface area contributed by atoms with Gasteiger partial charge in [-0.25, -0.2) is 4.98 Å². The predicted molar refractivity (Wildman–Crippen MR) is 114 cm³/mol. The van der Waals surface area contributed by atoms with Gasteiger partial charge >= 0.3 is 0 Å². The van der Waals surface area contributed by atoms with Crippen LogP contribution in [0, 0.1) is 12.3 Å². The van der Waals surface area contributed by atoms with E-state index in [9.17, 15) is 4.79 Å². The Balaban J connectivity index is 1.43. The number of carbonyl (C=O) groups is 1. The number of pyridine rings is 1. The van der Waals surface area contributed by atoms with Crippen molar-refractivity contribution in [2.45, 2.75) is 19.8 Å². The van der Waals surface area contributed by atoms with Crippen molar-refractivity contribution < 1.29 is 4.79 Å². The number of nitrogens with zero attached hydrogens (tertiary/aromatic N) is 1. The van der Waals surface area contributed by atoms with E-state index >= 15 is 0 Å². The number of hydrogen-bond donors (Lipinski definition) is 2. The molecule has 29 heavy (non-hydrogen) atoms. The van der Waals surface area contributed by atoms with Gasteiger partial charge < -0.3 is 10.6 Å². The van der Waals surface area contributed by atoms with Crippen LogP contribution in [0.1, 0.15) is 16.7 Å². The molecule has 2 N–H and O–H groups in total. The highest BCUT2D eigenvalue weighted by Gasteiger charge is 2.51. The molecular weight excluding hydrogens is 358 g/mol. The summed E-state index contributed by atoms with van der Waals surface area (Å²) in [5.41, 5.74) is 7.43. The van der Waals surface area contributed by atoms with Crippen molar-refractivity contribution in [3.05, 3.63) is 88.8 Å². The van der Waals surface area contributed by atoms with E-state index in [0.717, 1.165) is 52.9 Å². The Kier molecular flexibility index (Phi) is 3.31. The molecule has 0 saturated heterocycles. The maximum Gasteiger partial charge on any atom is 0.236 e. The smallest absolute Gasteiger partial charge is 0.236 e. The van der Waals surface area contributed by atoms with Crippen LogP contribution >= 0.6 is 0 Å². The number of aryl methyl sites for hydroxylation is 1. The standard InChI is InChI=1S/C25H21N3O/c1-15-4-6-16(7-5-15)21-9-8-17-11-18-13-25(14-19(18)12-22(17)27-21)20-3-2-10-26-23(20)28-24(25)29/h2-9,11-12,26H,10,13-14H2,1H3,(H,28,29). The molecule has 4 nitrogen and oxygen atoms in total. The van der Waals surface area contributed by atoms with E-state index in [4.69, 9.17) is 4.98 Å². The van der Waals surface area contributed by atoms with E-state index < -0.39 is 5.41 Å². The van der Waals surface area contributed by atoms with Crippen molar-refractivity contribution in [2.24, 2.45) is 5.41 Å². The average molecular weight is 379 g/mol. The first kappa shape index (κ1) is 16.5. The molecular formula is C25H21N3O. The number of hydrogen-bond acceptors (Lipinski definition) is 3. The van der Waals surface area contributed by atoms with Gasteiger partial charge in [-0.1, -0.05) is 48.0 Å². The first-order valence-corrected chi connectivity index (χ1v) is 10.1. The second-order valence-corrected chi connectivity index (χ2v) is 8.34. The van der Waals surface area contributed by atoms with E-state index in [2.05, 4.69) is 78.2 Å². The maximum atomic E-state index is 13.0. The Morgan fingerprint density at radius 1 is 1.00 bits per heavy atom. The van der Waals surface area contributed by atoms with Crippen LogP contribution in [0.25, 0.3) is 22.2 Å². The summed E-state index contributed by atoms with van der Waals surface area (Å²) in [5, 5.41) is 7.49. The summed E-state index contributed by atoms with van der Waals surface area (Å²) in [6.45, 7) is 2.85. The lowest BCUT2D eigenvalue weighted by atomic mass is 9.78. The van der Waals surface area contributed by atoms with Crippen molar-refractivity contribution in [2.75, 3.05) is 6.54 Å². The molecule has 1 atom stereocenters. The van der Waals surface area contributed by atoms with Crippen LogP contribution in [0.3, 0.4) is 0 Å². The molecule has 1 aliphatic carbocycles. The molecule has 2 aliphatic heterocycles. The van der Waals surface area contributed by atoms with E-state index in [1.54, 1.807) is 0 Å². The fraction of sp³-hybridized carbons (Fsp3) is 0.200. The zero-order valence-corrected chi connectivity index (χ0v) is 16.3. The molecule has 1 spiro atoms. The van der Waals surface area contributed by atoms with E-state index in [0.29, 0.717) is 0 Å². The van der Waals surface area contributed by atoms with Crippen LogP contribution in [0.15, 0.2) is 72.1 Å². The molecule has 0 radical (unpaired) electrons. The summed E-state index contributed by atoms with van der Waals surface area (Å²) in [6.07, 6.45) is 5.68. The van der Waals surface area contributed by atoms with Gasteiger partial charge in [0.25, 0.3) is 0 Å². The summed E-state index contributed by atoms with van der Waals surface area (Å²) in [5.74, 6) is 0.991. The first-order chi connectivity index (χ1) is 14.1. The van der Waals surface area contributed by atoms with Gasteiger partial charge in [-0.3, -0.25) is 4.79 Å². The van der Waals surface area contributed by atoms with Crippen LogP contribution in [-0.2, 0) is 17.6 Å². The minimum Gasteiger partial charge on any atom is -0.368 e. The fourth-order valence-corrected chi connectivity index (χ4v) is 4.92. The average Bonchev–Trinajstić information content (AvgIpc) is 3.24. The molecule has 1 amide bonds. The highest BCUT2D eigenvalue weighted by atomic mass is 16.2. The third kappa shape index (κ3) is 2.38. The van der Waals surface area contributed by atoms with Crippen molar-refractivity contribution in [3.63, 3.8) is 0 Å². The van der Waals surface area contributed by atoms with Gasteiger partial charge in [0.15, 0.2) is 0 Å². The first-order valence-electron chi connectivity index (χ1n) is 10.1. The van der Waals surface area contributed by atoms with Gasteiger partial charge in [0, 0.05) is 23.1 Å². The topological polar surface area (TPSA) is 54.0 Å². The number of carbonyl (C=O) groups excluding carboxylic acids is 1. The highest BCUT2D eigenvalue weighted by molar-refractivity contribution is 5.94. The van der Waals surface area contributed by atoms with E-state index in [1.807, 2.05) is 0 Å². The molecule has 1 aromatic heterocycles. The molecule has 0 fully saturated rings. The van der Waals surface area contributed by atoms with Crippen molar-refractivity contribution in [1.29, 1.82) is 0 Å². The summed E-state index contributed by atoms with van der Waals surface area (Å²) < 4.78 is 0. The van der Waals surface area contributed by atoms with Crippen molar-refractivity contribution in [1.82, 2.24) is 15.6 Å². The number of aromatic nitrogens is 1. The Morgan fingerprint density at radius 2 is 1.79 bits per heavy atom. The third-order valence-electron chi connectivity index (χ3n) is 6.48. The summed E-state index contributed by atoms with van der Waals surface area (Å²) in [6, 6.07) is 17.1. The van der Waals surface area contributed by atoms with Gasteiger partial charge in [-0.15, -0.1) is 0 Å². The molecule has 6 rings (SSSR count). The zero-order chi connectivity index (χ0) is 19.6. The van der Waals surface area contributed by atoms with Gasteiger partial charge in [-0.2, -0.15) is 0 Å². The number of rotatable bonds is 1. The lowest BCUT2D eigenvalue weighted by Gasteiger charge is -2.23. The third-order valence-corrected chi connectivity index (χ3v) is 6.48. The van der Waals surface area contributed by atoms with Crippen molar-refractivity contribution in [3.8, 4) is 11.3 Å². The van der Waals surface area contributed by atoms with Gasteiger partial charge in [0.05, 0.1) is 16.6 Å². The predicted octanol–water partition coefficient (Wildman–Crippen LogP) is 3.80. The maximum absolute atomic E-state index is 13.0. The van der Waals surface area contributed by atoms with Crippen LogP contribution < -0.4 is 10.6 Å². The number of dihydropyridines is 1. The zero-order valence-electron chi connectivity index (χ0n) is 16.3. The monoisotopic (exact) mass is 379 g/mol. The van der Waals surface area contributed by atoms with E-state index in [1.165, 1.54) is 16.7 Å². The SMILES string of the molecule is Cc1ccc(-c2ccc3cc4c(cc3n2)CC2(C4)C(=O)NC3=C2C=CCN3)cc1. The molecule has 1 unspecified atom stereocenters. The second-order valence-electron chi connectivity index (χ2n) is 8.34. The quantitative estimate of drug-likeness (QED) is 0.676. The molecule has 142 valence electrons. The molecule has 2 aromatic carbocycles. The Labute approximate surface area is 169 Å². The number of amides is 1. The second kappa shape index (κ2) is 5.80. The minimum absolute atomic E-state index is 0.107. The van der Waals surface area contributed by atoms with Crippen molar-refractivity contribution >= 4 is 16.8 Å². The number of fused-ring (bicyclic) bond motifs is 3. The van der Waals surface area contributed by atoms with E-state index in [-0.39, 0.29) is 5.91 Å². The van der Waals surface area contributed by atoms with Gasteiger partial charge in [-0.05, 0) is 49.1 Å². The molecule has 3 aromatic rings. The largest absolute Gasteiger partial charge is 0.368 e. The summed E-state index contributed by atoms with van der Waals surface area (Å²) in [7, 11) is 0. The molecule has 4 heteroatoms. The number of allylic oxidation sites excluding steroid dienone is 1.